The number of aliphatic hydroxyl groups is 1. The second kappa shape index (κ2) is 8.21. The lowest BCUT2D eigenvalue weighted by molar-refractivity contribution is 0.0870. The monoisotopic (exact) mass is 317 g/mol. The Morgan fingerprint density at radius 2 is 2.00 bits per heavy atom. The summed E-state index contributed by atoms with van der Waals surface area (Å²) in [5.41, 5.74) is 0.568. The Hall–Kier alpha value is -1.31. The first-order chi connectivity index (χ1) is 9.84. The van der Waals surface area contributed by atoms with Crippen LogP contribution in [0.1, 0.15) is 13.8 Å². The SMILES string of the molecule is CC(C)OCCNc1cc(S(C)(=O)=O)ccc1OCCO. The molecule has 0 atom stereocenters. The van der Waals surface area contributed by atoms with Crippen LogP contribution in [0.2, 0.25) is 0 Å². The van der Waals surface area contributed by atoms with E-state index in [0.717, 1.165) is 6.26 Å². The summed E-state index contributed by atoms with van der Waals surface area (Å²) >= 11 is 0. The molecule has 2 N–H and O–H groups in total. The van der Waals surface area contributed by atoms with Gasteiger partial charge >= 0.3 is 0 Å². The van der Waals surface area contributed by atoms with Crippen LogP contribution in [0.25, 0.3) is 0 Å². The van der Waals surface area contributed by atoms with Crippen molar-refractivity contribution < 1.29 is 23.0 Å². The van der Waals surface area contributed by atoms with E-state index in [1.165, 1.54) is 12.1 Å². The normalized spacial score (nSPS) is 11.7. The van der Waals surface area contributed by atoms with Gasteiger partial charge in [-0.15, -0.1) is 0 Å². The molecule has 0 aliphatic heterocycles. The Morgan fingerprint density at radius 3 is 2.57 bits per heavy atom. The Morgan fingerprint density at radius 1 is 1.29 bits per heavy atom. The highest BCUT2D eigenvalue weighted by atomic mass is 32.2. The van der Waals surface area contributed by atoms with E-state index in [2.05, 4.69) is 5.32 Å². The number of nitrogens with one attached hydrogen (secondary N) is 1. The van der Waals surface area contributed by atoms with Crippen molar-refractivity contribution >= 4 is 15.5 Å². The van der Waals surface area contributed by atoms with Gasteiger partial charge < -0.3 is 19.9 Å². The molecular formula is C14H23NO5S. The molecule has 1 aromatic rings. The lowest BCUT2D eigenvalue weighted by Crippen LogP contribution is -2.14. The molecule has 120 valence electrons. The van der Waals surface area contributed by atoms with Crippen LogP contribution in [0.3, 0.4) is 0 Å². The number of hydrogen-bond acceptors (Lipinski definition) is 6. The zero-order valence-corrected chi connectivity index (χ0v) is 13.4. The summed E-state index contributed by atoms with van der Waals surface area (Å²) in [6, 6.07) is 4.59. The molecule has 0 aromatic heterocycles. The molecule has 0 saturated heterocycles. The van der Waals surface area contributed by atoms with Crippen molar-refractivity contribution in [3.63, 3.8) is 0 Å². The fourth-order valence-electron chi connectivity index (χ4n) is 1.64. The highest BCUT2D eigenvalue weighted by Gasteiger charge is 2.12. The lowest BCUT2D eigenvalue weighted by atomic mass is 10.3. The van der Waals surface area contributed by atoms with Gasteiger partial charge in [0.15, 0.2) is 9.84 Å². The number of ether oxygens (including phenoxy) is 2. The molecule has 0 unspecified atom stereocenters. The maximum atomic E-state index is 11.6. The van der Waals surface area contributed by atoms with Gasteiger partial charge in [-0.25, -0.2) is 8.42 Å². The van der Waals surface area contributed by atoms with Crippen LogP contribution in [0.4, 0.5) is 5.69 Å². The summed E-state index contributed by atoms with van der Waals surface area (Å²) in [5.74, 6) is 0.501. The third kappa shape index (κ3) is 6.33. The zero-order valence-electron chi connectivity index (χ0n) is 12.6. The van der Waals surface area contributed by atoms with Crippen LogP contribution in [0.15, 0.2) is 23.1 Å². The minimum absolute atomic E-state index is 0.107. The van der Waals surface area contributed by atoms with Crippen LogP contribution in [-0.4, -0.2) is 52.2 Å². The molecule has 0 radical (unpaired) electrons. The van der Waals surface area contributed by atoms with Crippen LogP contribution in [-0.2, 0) is 14.6 Å². The van der Waals surface area contributed by atoms with E-state index in [-0.39, 0.29) is 24.2 Å². The zero-order chi connectivity index (χ0) is 15.9. The van der Waals surface area contributed by atoms with Crippen LogP contribution < -0.4 is 10.1 Å². The summed E-state index contributed by atoms with van der Waals surface area (Å²) in [4.78, 5) is 0.214. The molecule has 0 saturated carbocycles. The third-order valence-electron chi connectivity index (χ3n) is 2.60. The number of aliphatic hydroxyl groups excluding tert-OH is 1. The van der Waals surface area contributed by atoms with Gasteiger partial charge in [0.2, 0.25) is 0 Å². The summed E-state index contributed by atoms with van der Waals surface area (Å²) in [6.07, 6.45) is 1.29. The highest BCUT2D eigenvalue weighted by Crippen LogP contribution is 2.27. The molecule has 0 amide bonds. The highest BCUT2D eigenvalue weighted by molar-refractivity contribution is 7.90. The largest absolute Gasteiger partial charge is 0.489 e. The molecular weight excluding hydrogens is 294 g/mol. The van der Waals surface area contributed by atoms with Crippen molar-refractivity contribution in [2.24, 2.45) is 0 Å². The van der Waals surface area contributed by atoms with E-state index in [9.17, 15) is 8.42 Å². The van der Waals surface area contributed by atoms with Gasteiger partial charge in [0.05, 0.1) is 29.9 Å². The van der Waals surface area contributed by atoms with Gasteiger partial charge in [-0.3, -0.25) is 0 Å². The molecule has 6 nitrogen and oxygen atoms in total. The first kappa shape index (κ1) is 17.7. The number of benzene rings is 1. The second-order valence-electron chi connectivity index (χ2n) is 4.85. The van der Waals surface area contributed by atoms with E-state index in [0.29, 0.717) is 24.6 Å². The minimum atomic E-state index is -3.28. The predicted octanol–water partition coefficient (Wildman–Crippen LogP) is 1.30. The molecule has 0 fully saturated rings. The Labute approximate surface area is 126 Å². The maximum absolute atomic E-state index is 11.6. The van der Waals surface area contributed by atoms with Crippen molar-refractivity contribution in [1.82, 2.24) is 0 Å². The first-order valence-electron chi connectivity index (χ1n) is 6.78. The molecule has 0 spiro atoms. The lowest BCUT2D eigenvalue weighted by Gasteiger charge is -2.15. The molecule has 21 heavy (non-hydrogen) atoms. The average Bonchev–Trinajstić information content (AvgIpc) is 2.40. The quantitative estimate of drug-likeness (QED) is 0.668. The van der Waals surface area contributed by atoms with Crippen molar-refractivity contribution in [2.45, 2.75) is 24.8 Å². The van der Waals surface area contributed by atoms with Gasteiger partial charge in [0.25, 0.3) is 0 Å². The van der Waals surface area contributed by atoms with Crippen LogP contribution in [0.5, 0.6) is 5.75 Å². The van der Waals surface area contributed by atoms with Gasteiger partial charge in [-0.05, 0) is 32.0 Å². The fraction of sp³-hybridized carbons (Fsp3) is 0.571. The van der Waals surface area contributed by atoms with Crippen LogP contribution in [0, 0.1) is 0 Å². The van der Waals surface area contributed by atoms with Crippen molar-refractivity contribution in [2.75, 3.05) is 37.9 Å². The first-order valence-corrected chi connectivity index (χ1v) is 8.67. The van der Waals surface area contributed by atoms with E-state index in [1.807, 2.05) is 13.8 Å². The molecule has 0 heterocycles. The van der Waals surface area contributed by atoms with Crippen molar-refractivity contribution in [3.05, 3.63) is 18.2 Å². The summed E-state index contributed by atoms with van der Waals surface area (Å²) < 4.78 is 34.0. The third-order valence-corrected chi connectivity index (χ3v) is 3.71. The van der Waals surface area contributed by atoms with Gasteiger partial charge in [0.1, 0.15) is 12.4 Å². The predicted molar refractivity (Wildman–Crippen MR) is 81.7 cm³/mol. The fourth-order valence-corrected chi connectivity index (χ4v) is 2.29. The molecule has 7 heteroatoms. The van der Waals surface area contributed by atoms with Gasteiger partial charge in [-0.2, -0.15) is 0 Å². The van der Waals surface area contributed by atoms with E-state index < -0.39 is 9.84 Å². The van der Waals surface area contributed by atoms with Crippen LogP contribution >= 0.6 is 0 Å². The Bertz CT molecular complexity index is 542. The average molecular weight is 317 g/mol. The Kier molecular flexibility index (Phi) is 6.94. The van der Waals surface area contributed by atoms with Gasteiger partial charge in [-0.1, -0.05) is 0 Å². The number of hydrogen-bond donors (Lipinski definition) is 2. The smallest absolute Gasteiger partial charge is 0.175 e. The molecule has 1 rings (SSSR count). The second-order valence-corrected chi connectivity index (χ2v) is 6.86. The van der Waals surface area contributed by atoms with Crippen molar-refractivity contribution in [1.29, 1.82) is 0 Å². The minimum Gasteiger partial charge on any atom is -0.489 e. The van der Waals surface area contributed by atoms with E-state index in [4.69, 9.17) is 14.6 Å². The summed E-state index contributed by atoms with van der Waals surface area (Å²) in [6.45, 7) is 4.96. The summed E-state index contributed by atoms with van der Waals surface area (Å²) in [7, 11) is -3.28. The van der Waals surface area contributed by atoms with Gasteiger partial charge in [0, 0.05) is 12.8 Å². The molecule has 0 aliphatic carbocycles. The molecule has 1 aromatic carbocycles. The molecule has 0 bridgehead atoms. The Balaban J connectivity index is 2.84. The number of anilines is 1. The van der Waals surface area contributed by atoms with Crippen molar-refractivity contribution in [3.8, 4) is 5.75 Å². The molecule has 0 aliphatic rings. The van der Waals surface area contributed by atoms with E-state index >= 15 is 0 Å². The maximum Gasteiger partial charge on any atom is 0.175 e. The summed E-state index contributed by atoms with van der Waals surface area (Å²) in [5, 5.41) is 11.9. The topological polar surface area (TPSA) is 84.9 Å². The number of sulfone groups is 1. The van der Waals surface area contributed by atoms with E-state index in [1.54, 1.807) is 6.07 Å². The number of rotatable bonds is 9. The standard InChI is InChI=1S/C14H23NO5S/c1-11(2)19-8-6-15-13-10-12(21(3,17)18)4-5-14(13)20-9-7-16/h4-5,10-11,15-16H,6-9H2,1-3H3.